The van der Waals surface area contributed by atoms with Crippen molar-refractivity contribution >= 4 is 16.6 Å². The fourth-order valence-corrected chi connectivity index (χ4v) is 2.14. The number of hydrogen-bond donors (Lipinski definition) is 2. The van der Waals surface area contributed by atoms with E-state index in [9.17, 15) is 0 Å². The molecule has 0 aliphatic carbocycles. The van der Waals surface area contributed by atoms with Crippen molar-refractivity contribution in [3.63, 3.8) is 0 Å². The molecule has 1 heterocycles. The van der Waals surface area contributed by atoms with E-state index in [0.717, 1.165) is 33.8 Å². The molecule has 0 saturated heterocycles. The fourth-order valence-electron chi connectivity index (χ4n) is 2.14. The van der Waals surface area contributed by atoms with Crippen LogP contribution in [0.25, 0.3) is 10.9 Å². The third kappa shape index (κ3) is 2.41. The van der Waals surface area contributed by atoms with Gasteiger partial charge in [-0.25, -0.2) is 0 Å². The van der Waals surface area contributed by atoms with Crippen molar-refractivity contribution in [3.05, 3.63) is 60.3 Å². The van der Waals surface area contributed by atoms with E-state index in [4.69, 9.17) is 10.6 Å². The second-order valence-electron chi connectivity index (χ2n) is 4.55. The maximum absolute atomic E-state index is 5.82. The van der Waals surface area contributed by atoms with E-state index in [1.807, 2.05) is 61.5 Å². The van der Waals surface area contributed by atoms with Gasteiger partial charge in [0.1, 0.15) is 11.5 Å². The van der Waals surface area contributed by atoms with Gasteiger partial charge in [-0.15, -0.1) is 0 Å². The van der Waals surface area contributed by atoms with Crippen LogP contribution in [0.4, 0.5) is 5.69 Å². The van der Waals surface area contributed by atoms with Gasteiger partial charge in [-0.3, -0.25) is 10.8 Å². The Balaban J connectivity index is 2.04. The van der Waals surface area contributed by atoms with Gasteiger partial charge in [0, 0.05) is 11.1 Å². The lowest BCUT2D eigenvalue weighted by Crippen LogP contribution is -2.07. The van der Waals surface area contributed by atoms with Crippen LogP contribution in [-0.4, -0.2) is 4.98 Å². The second kappa shape index (κ2) is 5.19. The van der Waals surface area contributed by atoms with Crippen LogP contribution >= 0.6 is 0 Å². The number of rotatable bonds is 3. The molecule has 0 aliphatic rings. The third-order valence-corrected chi connectivity index (χ3v) is 3.04. The Labute approximate surface area is 117 Å². The summed E-state index contributed by atoms with van der Waals surface area (Å²) in [5.41, 5.74) is 5.35. The first-order valence-corrected chi connectivity index (χ1v) is 6.37. The number of nitrogen functional groups attached to an aromatic ring is 1. The molecule has 2 aromatic carbocycles. The van der Waals surface area contributed by atoms with Crippen molar-refractivity contribution in [1.82, 2.24) is 4.98 Å². The summed E-state index contributed by atoms with van der Waals surface area (Å²) in [6, 6.07) is 17.3. The Bertz CT molecular complexity index is 741. The maximum Gasteiger partial charge on any atom is 0.128 e. The highest BCUT2D eigenvalue weighted by atomic mass is 16.5. The molecule has 0 unspecified atom stereocenters. The summed E-state index contributed by atoms with van der Waals surface area (Å²) in [6.45, 7) is 1.94. The number of nitrogens with one attached hydrogen (secondary N) is 1. The van der Waals surface area contributed by atoms with E-state index < -0.39 is 0 Å². The number of pyridine rings is 1. The van der Waals surface area contributed by atoms with Crippen LogP contribution in [0.5, 0.6) is 11.5 Å². The van der Waals surface area contributed by atoms with Crippen molar-refractivity contribution in [2.75, 3.05) is 5.43 Å². The van der Waals surface area contributed by atoms with Crippen LogP contribution in [0.3, 0.4) is 0 Å². The number of para-hydroxylation sites is 1. The van der Waals surface area contributed by atoms with Crippen LogP contribution in [0.15, 0.2) is 54.6 Å². The number of nitrogens with zero attached hydrogens (tertiary/aromatic N) is 1. The Morgan fingerprint density at radius 2 is 1.80 bits per heavy atom. The summed E-state index contributed by atoms with van der Waals surface area (Å²) >= 11 is 0. The van der Waals surface area contributed by atoms with Gasteiger partial charge in [0.25, 0.3) is 0 Å². The van der Waals surface area contributed by atoms with Crippen LogP contribution < -0.4 is 16.0 Å². The van der Waals surface area contributed by atoms with Crippen LogP contribution in [0.1, 0.15) is 5.69 Å². The average molecular weight is 265 g/mol. The minimum absolute atomic E-state index is 0.755. The van der Waals surface area contributed by atoms with Crippen molar-refractivity contribution in [2.45, 2.75) is 6.92 Å². The molecule has 0 aliphatic heterocycles. The molecule has 100 valence electrons. The molecule has 3 aromatic rings. The van der Waals surface area contributed by atoms with E-state index in [1.165, 1.54) is 0 Å². The summed E-state index contributed by atoms with van der Waals surface area (Å²) < 4.78 is 5.82. The fraction of sp³-hybridized carbons (Fsp3) is 0.0625. The van der Waals surface area contributed by atoms with Gasteiger partial charge in [-0.05, 0) is 43.3 Å². The van der Waals surface area contributed by atoms with Gasteiger partial charge < -0.3 is 10.2 Å². The van der Waals surface area contributed by atoms with Gasteiger partial charge in [-0.2, -0.15) is 0 Å². The SMILES string of the molecule is Cc1cc(NN)c2cc(Oc3ccccc3)ccc2n1. The quantitative estimate of drug-likeness (QED) is 0.561. The van der Waals surface area contributed by atoms with Gasteiger partial charge in [0.05, 0.1) is 11.2 Å². The molecule has 4 heteroatoms. The Morgan fingerprint density at radius 3 is 2.55 bits per heavy atom. The number of fused-ring (bicyclic) bond motifs is 1. The highest BCUT2D eigenvalue weighted by Crippen LogP contribution is 2.29. The molecule has 4 nitrogen and oxygen atoms in total. The lowest BCUT2D eigenvalue weighted by atomic mass is 10.1. The predicted molar refractivity (Wildman–Crippen MR) is 80.8 cm³/mol. The third-order valence-electron chi connectivity index (χ3n) is 3.04. The average Bonchev–Trinajstić information content (AvgIpc) is 2.48. The van der Waals surface area contributed by atoms with E-state index in [0.29, 0.717) is 0 Å². The molecule has 20 heavy (non-hydrogen) atoms. The molecule has 0 fully saturated rings. The molecule has 0 spiro atoms. The lowest BCUT2D eigenvalue weighted by Gasteiger charge is -2.10. The lowest BCUT2D eigenvalue weighted by molar-refractivity contribution is 0.483. The molecule has 0 atom stereocenters. The number of hydrazine groups is 1. The number of anilines is 1. The Hall–Kier alpha value is -2.59. The number of benzene rings is 2. The monoisotopic (exact) mass is 265 g/mol. The largest absolute Gasteiger partial charge is 0.457 e. The molecule has 0 amide bonds. The summed E-state index contributed by atoms with van der Waals surface area (Å²) in [5, 5.41) is 0.937. The van der Waals surface area contributed by atoms with Gasteiger partial charge in [0.2, 0.25) is 0 Å². The normalized spacial score (nSPS) is 10.5. The highest BCUT2D eigenvalue weighted by Gasteiger charge is 2.05. The summed E-state index contributed by atoms with van der Waals surface area (Å²) in [6.07, 6.45) is 0. The molecule has 0 saturated carbocycles. The van der Waals surface area contributed by atoms with E-state index >= 15 is 0 Å². The zero-order valence-electron chi connectivity index (χ0n) is 11.1. The van der Waals surface area contributed by atoms with Crippen molar-refractivity contribution in [3.8, 4) is 11.5 Å². The first kappa shape index (κ1) is 12.4. The summed E-state index contributed by atoms with van der Waals surface area (Å²) in [5.74, 6) is 7.12. The minimum Gasteiger partial charge on any atom is -0.457 e. The van der Waals surface area contributed by atoms with Crippen LogP contribution in [-0.2, 0) is 0 Å². The number of nitrogens with two attached hydrogens (primary N) is 1. The molecule has 3 rings (SSSR count). The Kier molecular flexibility index (Phi) is 3.23. The van der Waals surface area contributed by atoms with Gasteiger partial charge in [0.15, 0.2) is 0 Å². The number of ether oxygens (including phenoxy) is 1. The molecular weight excluding hydrogens is 250 g/mol. The summed E-state index contributed by atoms with van der Waals surface area (Å²) in [4.78, 5) is 4.48. The molecule has 0 radical (unpaired) electrons. The topological polar surface area (TPSA) is 60.2 Å². The first-order valence-electron chi connectivity index (χ1n) is 6.37. The number of hydrogen-bond acceptors (Lipinski definition) is 4. The van der Waals surface area contributed by atoms with Crippen LogP contribution in [0, 0.1) is 6.92 Å². The maximum atomic E-state index is 5.82. The minimum atomic E-state index is 0.755. The predicted octanol–water partition coefficient (Wildman–Crippen LogP) is 3.62. The van der Waals surface area contributed by atoms with E-state index in [-0.39, 0.29) is 0 Å². The van der Waals surface area contributed by atoms with E-state index in [1.54, 1.807) is 0 Å². The Morgan fingerprint density at radius 1 is 1.00 bits per heavy atom. The van der Waals surface area contributed by atoms with Crippen molar-refractivity contribution < 1.29 is 4.74 Å². The van der Waals surface area contributed by atoms with Gasteiger partial charge in [-0.1, -0.05) is 18.2 Å². The number of aromatic nitrogens is 1. The molecule has 3 N–H and O–H groups in total. The molecular formula is C16H15N3O. The molecule has 0 bridgehead atoms. The smallest absolute Gasteiger partial charge is 0.128 e. The zero-order chi connectivity index (χ0) is 13.9. The summed E-state index contributed by atoms with van der Waals surface area (Å²) in [7, 11) is 0. The second-order valence-corrected chi connectivity index (χ2v) is 4.55. The standard InChI is InChI=1S/C16H15N3O/c1-11-9-16(19-17)14-10-13(7-8-15(14)18-11)20-12-5-3-2-4-6-12/h2-10H,17H2,1H3,(H,18,19). The zero-order valence-corrected chi connectivity index (χ0v) is 11.1. The first-order chi connectivity index (χ1) is 9.76. The molecule has 1 aromatic heterocycles. The van der Waals surface area contributed by atoms with Crippen molar-refractivity contribution in [2.24, 2.45) is 5.84 Å². The number of aryl methyl sites for hydroxylation is 1. The van der Waals surface area contributed by atoms with Crippen molar-refractivity contribution in [1.29, 1.82) is 0 Å². The van der Waals surface area contributed by atoms with Crippen LogP contribution in [0.2, 0.25) is 0 Å². The highest BCUT2D eigenvalue weighted by molar-refractivity contribution is 5.92. The van der Waals surface area contributed by atoms with E-state index in [2.05, 4.69) is 10.4 Å². The van der Waals surface area contributed by atoms with Gasteiger partial charge >= 0.3 is 0 Å².